The third-order valence-corrected chi connectivity index (χ3v) is 4.02. The predicted octanol–water partition coefficient (Wildman–Crippen LogP) is 5.27. The van der Waals surface area contributed by atoms with Crippen LogP contribution in [0.25, 0.3) is 12.2 Å². The summed E-state index contributed by atoms with van der Waals surface area (Å²) < 4.78 is 2.38. The summed E-state index contributed by atoms with van der Waals surface area (Å²) >= 11 is 0. The Kier molecular flexibility index (Phi) is 6.26. The van der Waals surface area contributed by atoms with Gasteiger partial charge in [-0.25, -0.2) is 0 Å². The van der Waals surface area contributed by atoms with Crippen LogP contribution >= 0.6 is 0 Å². The molecule has 0 aliphatic heterocycles. The van der Waals surface area contributed by atoms with E-state index in [1.54, 1.807) is 0 Å². The fraction of sp³-hybridized carbons (Fsp3) is 0.421. The van der Waals surface area contributed by atoms with E-state index in [0.717, 1.165) is 12.5 Å². The highest BCUT2D eigenvalue weighted by Gasteiger charge is 2.08. The van der Waals surface area contributed by atoms with Gasteiger partial charge in [0.25, 0.3) is 0 Å². The molecule has 2 heteroatoms. The quantitative estimate of drug-likeness (QED) is 0.645. The normalized spacial score (nSPS) is 12.9. The van der Waals surface area contributed by atoms with Gasteiger partial charge in [-0.3, -0.25) is 4.98 Å². The zero-order valence-electron chi connectivity index (χ0n) is 13.2. The molecule has 0 radical (unpaired) electrons. The molecular formula is C19H26N2. The Labute approximate surface area is 128 Å². The Morgan fingerprint density at radius 1 is 1.14 bits per heavy atom. The average molecular weight is 282 g/mol. The van der Waals surface area contributed by atoms with E-state index in [-0.39, 0.29) is 0 Å². The summed E-state index contributed by atoms with van der Waals surface area (Å²) in [5.74, 6) is 0.783. The van der Waals surface area contributed by atoms with Gasteiger partial charge >= 0.3 is 0 Å². The second kappa shape index (κ2) is 8.46. The van der Waals surface area contributed by atoms with Crippen molar-refractivity contribution in [2.75, 3.05) is 0 Å². The van der Waals surface area contributed by atoms with Crippen molar-refractivity contribution in [3.8, 4) is 0 Å². The maximum atomic E-state index is 4.05. The highest BCUT2D eigenvalue weighted by atomic mass is 15.0. The van der Waals surface area contributed by atoms with E-state index in [2.05, 4.69) is 53.9 Å². The fourth-order valence-corrected chi connectivity index (χ4v) is 2.60. The molecular weight excluding hydrogens is 256 g/mol. The smallest absolute Gasteiger partial charge is 0.0406 e. The summed E-state index contributed by atoms with van der Waals surface area (Å²) in [7, 11) is 0. The highest BCUT2D eigenvalue weighted by Crippen LogP contribution is 2.18. The standard InChI is InChI=1S/C19H26N2/c1-3-5-7-17(4-2)16-21-15-6-8-19(21)10-9-18-11-13-20-14-12-18/h6,8-15,17H,3-5,7,16H2,1-2H3/b10-9+. The molecule has 2 aromatic rings. The van der Waals surface area contributed by atoms with Crippen LogP contribution in [0.5, 0.6) is 0 Å². The van der Waals surface area contributed by atoms with Gasteiger partial charge in [0.15, 0.2) is 0 Å². The van der Waals surface area contributed by atoms with E-state index in [9.17, 15) is 0 Å². The molecule has 0 fully saturated rings. The summed E-state index contributed by atoms with van der Waals surface area (Å²) in [6, 6.07) is 8.38. The van der Waals surface area contributed by atoms with Crippen molar-refractivity contribution in [3.63, 3.8) is 0 Å². The first-order valence-corrected chi connectivity index (χ1v) is 8.06. The molecule has 1 unspecified atom stereocenters. The lowest BCUT2D eigenvalue weighted by Crippen LogP contribution is -2.10. The molecule has 112 valence electrons. The maximum absolute atomic E-state index is 4.05. The van der Waals surface area contributed by atoms with Crippen LogP contribution in [0, 0.1) is 5.92 Å². The second-order valence-corrected chi connectivity index (χ2v) is 5.62. The molecule has 0 N–H and O–H groups in total. The van der Waals surface area contributed by atoms with Gasteiger partial charge < -0.3 is 4.57 Å². The van der Waals surface area contributed by atoms with E-state index in [1.165, 1.54) is 36.9 Å². The Hall–Kier alpha value is -1.83. The molecule has 2 nitrogen and oxygen atoms in total. The second-order valence-electron chi connectivity index (χ2n) is 5.62. The SMILES string of the molecule is CCCCC(CC)Cn1cccc1/C=C/c1ccncc1. The number of pyridine rings is 1. The molecule has 21 heavy (non-hydrogen) atoms. The molecule has 0 aliphatic carbocycles. The van der Waals surface area contributed by atoms with Gasteiger partial charge in [-0.15, -0.1) is 0 Å². The van der Waals surface area contributed by atoms with Crippen LogP contribution in [0.15, 0.2) is 42.9 Å². The number of nitrogens with zero attached hydrogens (tertiary/aromatic N) is 2. The van der Waals surface area contributed by atoms with Crippen LogP contribution in [0.4, 0.5) is 0 Å². The van der Waals surface area contributed by atoms with Crippen molar-refractivity contribution in [2.24, 2.45) is 5.92 Å². The van der Waals surface area contributed by atoms with Crippen LogP contribution in [-0.4, -0.2) is 9.55 Å². The number of unbranched alkanes of at least 4 members (excludes halogenated alkanes) is 1. The molecule has 0 spiro atoms. The first-order chi connectivity index (χ1) is 10.3. The van der Waals surface area contributed by atoms with Crippen molar-refractivity contribution < 1.29 is 0 Å². The predicted molar refractivity (Wildman–Crippen MR) is 90.9 cm³/mol. The molecule has 2 rings (SSSR count). The zero-order valence-corrected chi connectivity index (χ0v) is 13.2. The van der Waals surface area contributed by atoms with Crippen molar-refractivity contribution in [1.29, 1.82) is 0 Å². The van der Waals surface area contributed by atoms with Gasteiger partial charge in [0, 0.05) is 30.8 Å². The largest absolute Gasteiger partial charge is 0.348 e. The Morgan fingerprint density at radius 3 is 2.67 bits per heavy atom. The van der Waals surface area contributed by atoms with Gasteiger partial charge in [-0.05, 0) is 48.2 Å². The molecule has 0 aromatic carbocycles. The highest BCUT2D eigenvalue weighted by molar-refractivity contribution is 5.67. The van der Waals surface area contributed by atoms with E-state index in [4.69, 9.17) is 0 Å². The first-order valence-electron chi connectivity index (χ1n) is 8.06. The van der Waals surface area contributed by atoms with E-state index < -0.39 is 0 Å². The van der Waals surface area contributed by atoms with E-state index >= 15 is 0 Å². The van der Waals surface area contributed by atoms with Gasteiger partial charge in [0.1, 0.15) is 0 Å². The number of aromatic nitrogens is 2. The summed E-state index contributed by atoms with van der Waals surface area (Å²) in [6.07, 6.45) is 15.4. The molecule has 0 saturated heterocycles. The topological polar surface area (TPSA) is 17.8 Å². The number of rotatable bonds is 8. The Balaban J connectivity index is 2.02. The summed E-state index contributed by atoms with van der Waals surface area (Å²) in [4.78, 5) is 4.05. The molecule has 0 saturated carbocycles. The van der Waals surface area contributed by atoms with Crippen molar-refractivity contribution in [2.45, 2.75) is 46.1 Å². The Morgan fingerprint density at radius 2 is 1.95 bits per heavy atom. The Bertz CT molecular complexity index is 540. The minimum Gasteiger partial charge on any atom is -0.348 e. The molecule has 2 heterocycles. The van der Waals surface area contributed by atoms with Gasteiger partial charge in [0.2, 0.25) is 0 Å². The lowest BCUT2D eigenvalue weighted by Gasteiger charge is -2.16. The molecule has 0 amide bonds. The van der Waals surface area contributed by atoms with Crippen LogP contribution in [0.1, 0.15) is 50.8 Å². The fourth-order valence-electron chi connectivity index (χ4n) is 2.60. The van der Waals surface area contributed by atoms with Crippen molar-refractivity contribution in [1.82, 2.24) is 9.55 Å². The summed E-state index contributed by atoms with van der Waals surface area (Å²) in [5.41, 5.74) is 2.47. The molecule has 0 bridgehead atoms. The van der Waals surface area contributed by atoms with Crippen LogP contribution in [0.2, 0.25) is 0 Å². The minimum atomic E-state index is 0.783. The summed E-state index contributed by atoms with van der Waals surface area (Å²) in [5, 5.41) is 0. The lowest BCUT2D eigenvalue weighted by atomic mass is 9.99. The minimum absolute atomic E-state index is 0.783. The third kappa shape index (κ3) is 4.89. The lowest BCUT2D eigenvalue weighted by molar-refractivity contribution is 0.390. The monoisotopic (exact) mass is 282 g/mol. The van der Waals surface area contributed by atoms with Crippen LogP contribution in [0.3, 0.4) is 0 Å². The van der Waals surface area contributed by atoms with Crippen LogP contribution in [-0.2, 0) is 6.54 Å². The zero-order chi connectivity index (χ0) is 14.9. The van der Waals surface area contributed by atoms with Gasteiger partial charge in [0.05, 0.1) is 0 Å². The number of hydrogen-bond donors (Lipinski definition) is 0. The van der Waals surface area contributed by atoms with Crippen LogP contribution < -0.4 is 0 Å². The molecule has 0 aliphatic rings. The van der Waals surface area contributed by atoms with Gasteiger partial charge in [-0.1, -0.05) is 39.2 Å². The molecule has 2 aromatic heterocycles. The average Bonchev–Trinajstić information content (AvgIpc) is 2.97. The van der Waals surface area contributed by atoms with E-state index in [0.29, 0.717) is 0 Å². The maximum Gasteiger partial charge on any atom is 0.0406 e. The number of hydrogen-bond acceptors (Lipinski definition) is 1. The first kappa shape index (κ1) is 15.6. The van der Waals surface area contributed by atoms with E-state index in [1.807, 2.05) is 24.5 Å². The van der Waals surface area contributed by atoms with Crippen molar-refractivity contribution in [3.05, 3.63) is 54.1 Å². The van der Waals surface area contributed by atoms with Crippen molar-refractivity contribution >= 4 is 12.2 Å². The third-order valence-electron chi connectivity index (χ3n) is 4.02. The molecule has 1 atom stereocenters. The van der Waals surface area contributed by atoms with Gasteiger partial charge in [-0.2, -0.15) is 0 Å². The summed E-state index contributed by atoms with van der Waals surface area (Å²) in [6.45, 7) is 5.70.